The lowest BCUT2D eigenvalue weighted by Crippen LogP contribution is -2.60. The zero-order chi connectivity index (χ0) is 47.4. The van der Waals surface area contributed by atoms with Crippen molar-refractivity contribution in [3.8, 4) is 0 Å². The van der Waals surface area contributed by atoms with E-state index in [0.29, 0.717) is 19.4 Å². The fourth-order valence-corrected chi connectivity index (χ4v) is 7.63. The minimum atomic E-state index is -1.59. The van der Waals surface area contributed by atoms with Crippen molar-refractivity contribution in [3.63, 3.8) is 0 Å². The summed E-state index contributed by atoms with van der Waals surface area (Å²) >= 11 is 0. The van der Waals surface area contributed by atoms with E-state index < -0.39 is 49.5 Å². The smallest absolute Gasteiger partial charge is 0.305 e. The molecule has 0 radical (unpaired) electrons. The molecule has 11 nitrogen and oxygen atoms in total. The van der Waals surface area contributed by atoms with Crippen molar-refractivity contribution in [3.05, 3.63) is 60.8 Å². The van der Waals surface area contributed by atoms with E-state index in [2.05, 4.69) is 55.6 Å². The molecule has 376 valence electrons. The van der Waals surface area contributed by atoms with Gasteiger partial charge in [0, 0.05) is 12.8 Å². The summed E-state index contributed by atoms with van der Waals surface area (Å²) < 4.78 is 16.6. The van der Waals surface area contributed by atoms with Crippen LogP contribution in [0.1, 0.15) is 206 Å². The first kappa shape index (κ1) is 60.4. The monoisotopic (exact) mass is 918 g/mol. The summed E-state index contributed by atoms with van der Waals surface area (Å²) in [6.45, 7) is 4.16. The first-order valence-corrected chi connectivity index (χ1v) is 26.1. The molecule has 0 aromatic rings. The summed E-state index contributed by atoms with van der Waals surface area (Å²) in [7, 11) is 0. The Morgan fingerprint density at radius 2 is 1.05 bits per heavy atom. The quantitative estimate of drug-likeness (QED) is 0.0196. The number of nitrogens with one attached hydrogen (secondary N) is 1. The lowest BCUT2D eigenvalue weighted by molar-refractivity contribution is -0.302. The minimum Gasteiger partial charge on any atom is -0.466 e. The van der Waals surface area contributed by atoms with Gasteiger partial charge in [-0.15, -0.1) is 0 Å². The SMILES string of the molecule is CCCCC/C=C\C/C=C\CCCCCCCC(=O)OCCCCCCCC/C=C\C/C=C\CCC(=O)NC(COC1OC(CO)C(O)C(O)C1O)C(O)/C=C/CCCCCCCCC. The minimum absolute atomic E-state index is 0.0548. The van der Waals surface area contributed by atoms with Crippen molar-refractivity contribution in [2.45, 2.75) is 249 Å². The van der Waals surface area contributed by atoms with Gasteiger partial charge >= 0.3 is 5.97 Å². The van der Waals surface area contributed by atoms with Gasteiger partial charge in [0.2, 0.25) is 5.91 Å². The number of rotatable bonds is 43. The van der Waals surface area contributed by atoms with Gasteiger partial charge in [-0.25, -0.2) is 0 Å². The van der Waals surface area contributed by atoms with Gasteiger partial charge in [0.05, 0.1) is 32.0 Å². The van der Waals surface area contributed by atoms with E-state index in [1.165, 1.54) is 89.9 Å². The molecule has 7 unspecified atom stereocenters. The molecule has 1 rings (SSSR count). The number of aliphatic hydroxyl groups is 5. The Balaban J connectivity index is 2.17. The highest BCUT2D eigenvalue weighted by atomic mass is 16.7. The van der Waals surface area contributed by atoms with E-state index >= 15 is 0 Å². The van der Waals surface area contributed by atoms with Crippen molar-refractivity contribution in [2.24, 2.45) is 0 Å². The summed E-state index contributed by atoms with van der Waals surface area (Å²) in [6.07, 6.45) is 44.6. The molecule has 1 saturated heterocycles. The summed E-state index contributed by atoms with van der Waals surface area (Å²) in [6, 6.07) is -0.854. The third-order valence-electron chi connectivity index (χ3n) is 11.9. The number of carbonyl (C=O) groups is 2. The molecule has 1 heterocycles. The van der Waals surface area contributed by atoms with E-state index in [9.17, 15) is 35.1 Å². The van der Waals surface area contributed by atoms with Crippen molar-refractivity contribution < 1.29 is 49.3 Å². The Labute approximate surface area is 395 Å². The van der Waals surface area contributed by atoms with Crippen molar-refractivity contribution >= 4 is 11.9 Å². The number of ether oxygens (including phenoxy) is 3. The maximum Gasteiger partial charge on any atom is 0.305 e. The van der Waals surface area contributed by atoms with E-state index in [4.69, 9.17) is 14.2 Å². The van der Waals surface area contributed by atoms with E-state index in [0.717, 1.165) is 83.5 Å². The van der Waals surface area contributed by atoms with Gasteiger partial charge in [-0.2, -0.15) is 0 Å². The van der Waals surface area contributed by atoms with Crippen LogP contribution in [0.5, 0.6) is 0 Å². The molecule has 1 amide bonds. The number of hydrogen-bond donors (Lipinski definition) is 6. The number of amides is 1. The average molecular weight is 918 g/mol. The second-order valence-corrected chi connectivity index (χ2v) is 17.9. The van der Waals surface area contributed by atoms with E-state index in [1.807, 2.05) is 18.2 Å². The van der Waals surface area contributed by atoms with Gasteiger partial charge in [-0.1, -0.05) is 171 Å². The lowest BCUT2D eigenvalue weighted by Gasteiger charge is -2.40. The van der Waals surface area contributed by atoms with Crippen LogP contribution in [0.15, 0.2) is 60.8 Å². The number of hydrogen-bond acceptors (Lipinski definition) is 10. The van der Waals surface area contributed by atoms with Crippen LogP contribution in [-0.2, 0) is 23.8 Å². The van der Waals surface area contributed by atoms with Crippen LogP contribution in [0.2, 0.25) is 0 Å². The summed E-state index contributed by atoms with van der Waals surface area (Å²) in [5.74, 6) is -0.322. The fourth-order valence-electron chi connectivity index (χ4n) is 7.63. The third kappa shape index (κ3) is 34.3. The molecule has 0 saturated carbocycles. The fraction of sp³-hybridized carbons (Fsp3) is 0.778. The molecule has 6 N–H and O–H groups in total. The highest BCUT2D eigenvalue weighted by Gasteiger charge is 2.44. The Hall–Kier alpha value is -2.64. The predicted molar refractivity (Wildman–Crippen MR) is 264 cm³/mol. The van der Waals surface area contributed by atoms with Crippen LogP contribution in [0.25, 0.3) is 0 Å². The predicted octanol–water partition coefficient (Wildman–Crippen LogP) is 10.7. The van der Waals surface area contributed by atoms with Gasteiger partial charge in [0.15, 0.2) is 6.29 Å². The van der Waals surface area contributed by atoms with Crippen molar-refractivity contribution in [2.75, 3.05) is 19.8 Å². The maximum absolute atomic E-state index is 12.9. The standard InChI is InChI=1S/C54H95NO10/c1-3-5-7-9-11-13-14-15-16-19-22-26-30-34-38-42-50(59)63-43-39-35-31-27-23-20-17-18-21-25-29-33-37-41-49(58)55-46(47(57)40-36-32-28-24-12-10-8-6-4-2)45-64-54-53(62)52(61)51(60)48(44-56)65-54/h11,13,15-16,18,21,29,33,36,40,46-48,51-54,56-57,60-62H,3-10,12,14,17,19-20,22-28,30-32,34-35,37-39,41-45H2,1-2H3,(H,55,58)/b13-11-,16-15-,21-18-,33-29-,40-36+. The highest BCUT2D eigenvalue weighted by molar-refractivity contribution is 5.76. The highest BCUT2D eigenvalue weighted by Crippen LogP contribution is 2.22. The summed E-state index contributed by atoms with van der Waals surface area (Å²) in [5, 5.41) is 54.0. The molecule has 11 heteroatoms. The average Bonchev–Trinajstić information content (AvgIpc) is 3.30. The number of esters is 1. The second kappa shape index (κ2) is 43.9. The lowest BCUT2D eigenvalue weighted by atomic mass is 9.99. The van der Waals surface area contributed by atoms with Crippen LogP contribution in [-0.4, -0.2) is 100 Å². The van der Waals surface area contributed by atoms with Crippen molar-refractivity contribution in [1.82, 2.24) is 5.32 Å². The molecule has 0 aromatic carbocycles. The summed E-state index contributed by atoms with van der Waals surface area (Å²) in [5.41, 5.74) is 0. The molecule has 1 aliphatic rings. The molecule has 1 aliphatic heterocycles. The van der Waals surface area contributed by atoms with Gasteiger partial charge in [-0.3, -0.25) is 9.59 Å². The summed E-state index contributed by atoms with van der Waals surface area (Å²) in [4.78, 5) is 25.0. The number of carbonyl (C=O) groups excluding carboxylic acids is 2. The molecule has 0 spiro atoms. The normalized spacial score (nSPS) is 20.3. The zero-order valence-corrected chi connectivity index (χ0v) is 40.9. The Bertz CT molecular complexity index is 1270. The Morgan fingerprint density at radius 1 is 0.569 bits per heavy atom. The molecule has 0 bridgehead atoms. The zero-order valence-electron chi connectivity index (χ0n) is 40.9. The van der Waals surface area contributed by atoms with Gasteiger partial charge in [0.1, 0.15) is 24.4 Å². The Morgan fingerprint density at radius 3 is 1.62 bits per heavy atom. The third-order valence-corrected chi connectivity index (χ3v) is 11.9. The van der Waals surface area contributed by atoms with Gasteiger partial charge in [-0.05, 0) is 83.5 Å². The maximum atomic E-state index is 12.9. The second-order valence-electron chi connectivity index (χ2n) is 17.9. The van der Waals surface area contributed by atoms with Crippen LogP contribution in [0, 0.1) is 0 Å². The van der Waals surface area contributed by atoms with Gasteiger partial charge < -0.3 is 45.1 Å². The Kier molecular flexibility index (Phi) is 40.8. The molecule has 1 fully saturated rings. The molecule has 65 heavy (non-hydrogen) atoms. The first-order valence-electron chi connectivity index (χ1n) is 26.1. The van der Waals surface area contributed by atoms with Crippen LogP contribution in [0.3, 0.4) is 0 Å². The first-order chi connectivity index (χ1) is 31.7. The molecular formula is C54H95NO10. The van der Waals surface area contributed by atoms with Gasteiger partial charge in [0.25, 0.3) is 0 Å². The van der Waals surface area contributed by atoms with Crippen LogP contribution < -0.4 is 5.32 Å². The molecular weight excluding hydrogens is 823 g/mol. The molecule has 0 aliphatic carbocycles. The number of unbranched alkanes of at least 4 members (excludes halogenated alkanes) is 21. The van der Waals surface area contributed by atoms with E-state index in [1.54, 1.807) is 6.08 Å². The van der Waals surface area contributed by atoms with Crippen LogP contribution in [0.4, 0.5) is 0 Å². The van der Waals surface area contributed by atoms with Crippen LogP contribution >= 0.6 is 0 Å². The topological polar surface area (TPSA) is 175 Å². The largest absolute Gasteiger partial charge is 0.466 e. The molecule has 7 atom stereocenters. The van der Waals surface area contributed by atoms with E-state index in [-0.39, 0.29) is 24.9 Å². The number of aliphatic hydroxyl groups excluding tert-OH is 5. The molecule has 0 aromatic heterocycles. The van der Waals surface area contributed by atoms with Crippen molar-refractivity contribution in [1.29, 1.82) is 0 Å². The number of allylic oxidation sites excluding steroid dienone is 9.